The molecule has 5 nitrogen and oxygen atoms in total. The normalized spacial score (nSPS) is 21.9. The standard InChI is InChI=1S/C21H25N3O2/c25-21(23-19-14-18(19)16-6-2-1-3-7-16)22-15-17-8-4-5-9-20(17)24-10-12-26-13-11-24/h1-9,18-19H,10-15H2,(H2,22,23,25). The zero-order valence-electron chi connectivity index (χ0n) is 14.9. The molecule has 1 saturated heterocycles. The molecule has 2 aromatic carbocycles. The summed E-state index contributed by atoms with van der Waals surface area (Å²) in [7, 11) is 0. The number of anilines is 1. The Labute approximate surface area is 154 Å². The van der Waals surface area contributed by atoms with Crippen LogP contribution in [0.1, 0.15) is 23.5 Å². The molecule has 136 valence electrons. The minimum Gasteiger partial charge on any atom is -0.378 e. The Kier molecular flexibility index (Phi) is 5.07. The third-order valence-corrected chi connectivity index (χ3v) is 5.12. The number of morpholine rings is 1. The lowest BCUT2D eigenvalue weighted by Gasteiger charge is -2.30. The number of amides is 2. The Balaban J connectivity index is 1.30. The highest BCUT2D eigenvalue weighted by Crippen LogP contribution is 2.40. The number of urea groups is 1. The second-order valence-electron chi connectivity index (χ2n) is 6.91. The molecule has 1 saturated carbocycles. The molecule has 1 heterocycles. The van der Waals surface area contributed by atoms with Crippen LogP contribution >= 0.6 is 0 Å². The van der Waals surface area contributed by atoms with Crippen molar-refractivity contribution in [3.05, 3.63) is 65.7 Å². The smallest absolute Gasteiger partial charge is 0.315 e. The topological polar surface area (TPSA) is 53.6 Å². The number of carbonyl (C=O) groups is 1. The molecule has 2 N–H and O–H groups in total. The zero-order chi connectivity index (χ0) is 17.8. The molecular formula is C21H25N3O2. The molecule has 2 fully saturated rings. The molecule has 26 heavy (non-hydrogen) atoms. The highest BCUT2D eigenvalue weighted by Gasteiger charge is 2.39. The molecule has 0 aromatic heterocycles. The summed E-state index contributed by atoms with van der Waals surface area (Å²) in [6.45, 7) is 3.83. The molecule has 2 unspecified atom stereocenters. The fourth-order valence-corrected chi connectivity index (χ4v) is 3.59. The maximum Gasteiger partial charge on any atom is 0.315 e. The maximum absolute atomic E-state index is 12.3. The number of carbonyl (C=O) groups excluding carboxylic acids is 1. The van der Waals surface area contributed by atoms with E-state index in [1.54, 1.807) is 0 Å². The third-order valence-electron chi connectivity index (χ3n) is 5.12. The number of hydrogen-bond donors (Lipinski definition) is 2. The first-order valence-corrected chi connectivity index (χ1v) is 9.31. The van der Waals surface area contributed by atoms with Crippen LogP contribution in [0.2, 0.25) is 0 Å². The molecule has 2 amide bonds. The SMILES string of the molecule is O=C(NCc1ccccc1N1CCOCC1)NC1CC1c1ccccc1. The summed E-state index contributed by atoms with van der Waals surface area (Å²) in [6.07, 6.45) is 1.02. The fourth-order valence-electron chi connectivity index (χ4n) is 3.59. The second kappa shape index (κ2) is 7.79. The van der Waals surface area contributed by atoms with Gasteiger partial charge < -0.3 is 20.3 Å². The summed E-state index contributed by atoms with van der Waals surface area (Å²) < 4.78 is 5.44. The van der Waals surface area contributed by atoms with Gasteiger partial charge in [0.2, 0.25) is 0 Å². The Morgan fingerprint density at radius 1 is 1.04 bits per heavy atom. The van der Waals surface area contributed by atoms with Crippen LogP contribution in [0.25, 0.3) is 0 Å². The van der Waals surface area contributed by atoms with Crippen molar-refractivity contribution in [2.75, 3.05) is 31.2 Å². The van der Waals surface area contributed by atoms with E-state index in [9.17, 15) is 4.79 Å². The van der Waals surface area contributed by atoms with Gasteiger partial charge >= 0.3 is 6.03 Å². The summed E-state index contributed by atoms with van der Waals surface area (Å²) in [5.74, 6) is 0.447. The summed E-state index contributed by atoms with van der Waals surface area (Å²) in [6, 6.07) is 18.8. The Hall–Kier alpha value is -2.53. The number of benzene rings is 2. The molecule has 2 aromatic rings. The van der Waals surface area contributed by atoms with Crippen LogP contribution < -0.4 is 15.5 Å². The van der Waals surface area contributed by atoms with Gasteiger partial charge in [-0.15, -0.1) is 0 Å². The molecule has 5 heteroatoms. The van der Waals surface area contributed by atoms with E-state index in [2.05, 4.69) is 39.8 Å². The number of ether oxygens (including phenoxy) is 1. The average molecular weight is 351 g/mol. The van der Waals surface area contributed by atoms with Crippen molar-refractivity contribution in [3.63, 3.8) is 0 Å². The lowest BCUT2D eigenvalue weighted by atomic mass is 10.1. The van der Waals surface area contributed by atoms with Gasteiger partial charge in [-0.05, 0) is 23.6 Å². The van der Waals surface area contributed by atoms with Crippen molar-refractivity contribution >= 4 is 11.7 Å². The van der Waals surface area contributed by atoms with Gasteiger partial charge in [-0.2, -0.15) is 0 Å². The second-order valence-corrected chi connectivity index (χ2v) is 6.91. The van der Waals surface area contributed by atoms with E-state index in [0.717, 1.165) is 38.3 Å². The number of rotatable bonds is 5. The Bertz CT molecular complexity index is 744. The van der Waals surface area contributed by atoms with E-state index in [1.165, 1.54) is 11.3 Å². The third kappa shape index (κ3) is 3.99. The Morgan fingerprint density at radius 2 is 1.77 bits per heavy atom. The Morgan fingerprint density at radius 3 is 2.58 bits per heavy atom. The quantitative estimate of drug-likeness (QED) is 0.871. The van der Waals surface area contributed by atoms with E-state index in [-0.39, 0.29) is 12.1 Å². The lowest BCUT2D eigenvalue weighted by molar-refractivity contribution is 0.122. The van der Waals surface area contributed by atoms with Crippen LogP contribution in [-0.4, -0.2) is 38.4 Å². The minimum absolute atomic E-state index is 0.0924. The minimum atomic E-state index is -0.0924. The van der Waals surface area contributed by atoms with Gasteiger partial charge in [0.15, 0.2) is 0 Å². The molecule has 0 spiro atoms. The molecule has 4 rings (SSSR count). The van der Waals surface area contributed by atoms with Crippen molar-refractivity contribution in [2.24, 2.45) is 0 Å². The van der Waals surface area contributed by atoms with Crippen LogP contribution in [0.15, 0.2) is 54.6 Å². The number of nitrogens with one attached hydrogen (secondary N) is 2. The summed E-state index contributed by atoms with van der Waals surface area (Å²) in [4.78, 5) is 14.6. The molecule has 0 bridgehead atoms. The van der Waals surface area contributed by atoms with Gasteiger partial charge in [0, 0.05) is 37.3 Å². The van der Waals surface area contributed by atoms with Gasteiger partial charge in [-0.25, -0.2) is 4.79 Å². The van der Waals surface area contributed by atoms with E-state index in [1.807, 2.05) is 30.3 Å². The molecule has 0 radical (unpaired) electrons. The number of hydrogen-bond acceptors (Lipinski definition) is 3. The van der Waals surface area contributed by atoms with Crippen molar-refractivity contribution in [2.45, 2.75) is 24.9 Å². The first kappa shape index (κ1) is 16.9. The molecule has 2 aliphatic rings. The summed E-state index contributed by atoms with van der Waals surface area (Å²) in [5.41, 5.74) is 3.63. The summed E-state index contributed by atoms with van der Waals surface area (Å²) in [5, 5.41) is 6.10. The van der Waals surface area contributed by atoms with E-state index < -0.39 is 0 Å². The number of nitrogens with zero attached hydrogens (tertiary/aromatic N) is 1. The van der Waals surface area contributed by atoms with Crippen LogP contribution in [0.4, 0.5) is 10.5 Å². The van der Waals surface area contributed by atoms with Crippen LogP contribution in [0.3, 0.4) is 0 Å². The highest BCUT2D eigenvalue weighted by atomic mass is 16.5. The molecule has 1 aliphatic carbocycles. The van der Waals surface area contributed by atoms with Crippen LogP contribution in [-0.2, 0) is 11.3 Å². The van der Waals surface area contributed by atoms with Crippen molar-refractivity contribution in [1.82, 2.24) is 10.6 Å². The van der Waals surface area contributed by atoms with Gasteiger partial charge in [-0.3, -0.25) is 0 Å². The van der Waals surface area contributed by atoms with Gasteiger partial charge in [-0.1, -0.05) is 48.5 Å². The van der Waals surface area contributed by atoms with Gasteiger partial charge in [0.25, 0.3) is 0 Å². The van der Waals surface area contributed by atoms with E-state index in [4.69, 9.17) is 4.74 Å². The fraction of sp³-hybridized carbons (Fsp3) is 0.381. The average Bonchev–Trinajstić information content (AvgIpc) is 3.47. The first-order valence-electron chi connectivity index (χ1n) is 9.31. The monoisotopic (exact) mass is 351 g/mol. The molecule has 2 atom stereocenters. The highest BCUT2D eigenvalue weighted by molar-refractivity contribution is 5.75. The van der Waals surface area contributed by atoms with E-state index in [0.29, 0.717) is 12.5 Å². The van der Waals surface area contributed by atoms with Crippen molar-refractivity contribution in [1.29, 1.82) is 0 Å². The lowest BCUT2D eigenvalue weighted by Crippen LogP contribution is -2.39. The van der Waals surface area contributed by atoms with Crippen LogP contribution in [0.5, 0.6) is 0 Å². The van der Waals surface area contributed by atoms with E-state index >= 15 is 0 Å². The summed E-state index contributed by atoms with van der Waals surface area (Å²) >= 11 is 0. The largest absolute Gasteiger partial charge is 0.378 e. The van der Waals surface area contributed by atoms with Crippen LogP contribution in [0, 0.1) is 0 Å². The predicted octanol–water partition coefficient (Wildman–Crippen LogP) is 2.88. The maximum atomic E-state index is 12.3. The van der Waals surface area contributed by atoms with Gasteiger partial charge in [0.1, 0.15) is 0 Å². The first-order chi connectivity index (χ1) is 12.8. The van der Waals surface area contributed by atoms with Crippen molar-refractivity contribution in [3.8, 4) is 0 Å². The number of para-hydroxylation sites is 1. The van der Waals surface area contributed by atoms with Gasteiger partial charge in [0.05, 0.1) is 13.2 Å². The predicted molar refractivity (Wildman–Crippen MR) is 102 cm³/mol. The molecule has 1 aliphatic heterocycles. The van der Waals surface area contributed by atoms with Crippen molar-refractivity contribution < 1.29 is 9.53 Å². The molecular weight excluding hydrogens is 326 g/mol. The zero-order valence-corrected chi connectivity index (χ0v) is 14.9.